The molecule has 0 aromatic carbocycles. The molecule has 0 aromatic rings. The molecule has 2 amide bonds. The van der Waals surface area contributed by atoms with Crippen LogP contribution >= 0.6 is 0 Å². The first kappa shape index (κ1) is 18.1. The van der Waals surface area contributed by atoms with Crippen LogP contribution in [0.15, 0.2) is 0 Å². The van der Waals surface area contributed by atoms with Gasteiger partial charge in [0.1, 0.15) is 13.1 Å². The summed E-state index contributed by atoms with van der Waals surface area (Å²) in [7, 11) is 11.0. The van der Waals surface area contributed by atoms with Crippen LogP contribution in [0, 0.1) is 5.41 Å². The number of amides is 2. The normalized spacial score (nSPS) is 19.5. The van der Waals surface area contributed by atoms with Gasteiger partial charge in [0.2, 0.25) is 11.8 Å². The minimum Gasteiger partial charge on any atom is -0.326 e. The zero-order valence-electron chi connectivity index (χ0n) is 14.9. The Kier molecular flexibility index (Phi) is 5.22. The fourth-order valence-corrected chi connectivity index (χ4v) is 2.59. The Balaban J connectivity index is 2.43. The van der Waals surface area contributed by atoms with Gasteiger partial charge in [0, 0.05) is 19.4 Å². The molecule has 0 radical (unpaired) electrons. The Morgan fingerprint density at radius 2 is 1.57 bits per heavy atom. The molecule has 0 spiro atoms. The first-order valence-electron chi connectivity index (χ1n) is 7.81. The monoisotopic (exact) mass is 299 g/mol. The number of quaternary nitrogens is 2. The minimum atomic E-state index is -0.509. The Bertz CT molecular complexity index is 408. The molecular formula is C16H33N3O2+2. The highest BCUT2D eigenvalue weighted by atomic mass is 16.2. The third-order valence-electron chi connectivity index (χ3n) is 4.24. The number of hydrogen-bond acceptors (Lipinski definition) is 2. The second-order valence-corrected chi connectivity index (χ2v) is 8.66. The lowest BCUT2D eigenvalue weighted by atomic mass is 9.92. The summed E-state index contributed by atoms with van der Waals surface area (Å²) in [6, 6.07) is 0. The van der Waals surface area contributed by atoms with Crippen molar-refractivity contribution < 1.29 is 18.6 Å². The van der Waals surface area contributed by atoms with E-state index in [1.165, 1.54) is 4.90 Å². The maximum Gasteiger partial charge on any atom is 0.235 e. The molecule has 1 saturated heterocycles. The number of hydrogen-bond donors (Lipinski definition) is 0. The van der Waals surface area contributed by atoms with Gasteiger partial charge >= 0.3 is 0 Å². The fourth-order valence-electron chi connectivity index (χ4n) is 2.59. The Labute approximate surface area is 129 Å². The van der Waals surface area contributed by atoms with Gasteiger partial charge in [-0.15, -0.1) is 0 Å². The standard InChI is InChI=1S/C16H33N3O2/c1-16(2)13-14(20)17(15(16)21)9-8-10-19(6,7)12-11-18(3,4)5/h8-13H2,1-7H3/q+2. The SMILES string of the molecule is CC1(C)CC(=O)N(CCC[N+](C)(C)CC[N+](C)(C)C)C1=O. The molecule has 1 aliphatic heterocycles. The number of imide groups is 1. The molecule has 0 bridgehead atoms. The third-order valence-corrected chi connectivity index (χ3v) is 4.24. The third kappa shape index (κ3) is 5.40. The highest BCUT2D eigenvalue weighted by molar-refractivity contribution is 6.05. The molecule has 0 unspecified atom stereocenters. The van der Waals surface area contributed by atoms with Crippen LogP contribution in [-0.2, 0) is 9.59 Å². The smallest absolute Gasteiger partial charge is 0.235 e. The van der Waals surface area contributed by atoms with E-state index in [0.717, 1.165) is 35.0 Å². The van der Waals surface area contributed by atoms with Gasteiger partial charge in [0.25, 0.3) is 0 Å². The van der Waals surface area contributed by atoms with Crippen molar-refractivity contribution in [1.82, 2.24) is 4.90 Å². The number of likely N-dealkylation sites (tertiary alicyclic amines) is 1. The molecule has 1 heterocycles. The van der Waals surface area contributed by atoms with E-state index in [1.807, 2.05) is 13.8 Å². The quantitative estimate of drug-likeness (QED) is 0.518. The van der Waals surface area contributed by atoms with Crippen molar-refractivity contribution in [1.29, 1.82) is 0 Å². The average molecular weight is 299 g/mol. The van der Waals surface area contributed by atoms with E-state index in [-0.39, 0.29) is 11.8 Å². The summed E-state index contributed by atoms with van der Waals surface area (Å²) < 4.78 is 1.88. The van der Waals surface area contributed by atoms with Gasteiger partial charge < -0.3 is 8.97 Å². The van der Waals surface area contributed by atoms with Crippen LogP contribution in [-0.4, -0.2) is 87.1 Å². The topological polar surface area (TPSA) is 37.4 Å². The molecule has 1 rings (SSSR count). The summed E-state index contributed by atoms with van der Waals surface area (Å²) in [5.41, 5.74) is -0.509. The zero-order valence-corrected chi connectivity index (χ0v) is 14.9. The Morgan fingerprint density at radius 1 is 1.00 bits per heavy atom. The molecule has 1 aliphatic rings. The van der Waals surface area contributed by atoms with Gasteiger partial charge in [-0.3, -0.25) is 14.5 Å². The van der Waals surface area contributed by atoms with Crippen LogP contribution in [0.5, 0.6) is 0 Å². The van der Waals surface area contributed by atoms with E-state index in [0.29, 0.717) is 13.0 Å². The van der Waals surface area contributed by atoms with Crippen LogP contribution < -0.4 is 0 Å². The van der Waals surface area contributed by atoms with Gasteiger partial charge in [0.05, 0.1) is 47.2 Å². The summed E-state index contributed by atoms with van der Waals surface area (Å²) in [4.78, 5) is 25.5. The zero-order chi connectivity index (χ0) is 16.5. The molecule has 0 aliphatic carbocycles. The van der Waals surface area contributed by atoms with Crippen LogP contribution in [0.1, 0.15) is 26.7 Å². The number of carbonyl (C=O) groups excluding carboxylic acids is 2. The molecule has 0 aromatic heterocycles. The highest BCUT2D eigenvalue weighted by Crippen LogP contribution is 2.31. The van der Waals surface area contributed by atoms with Crippen LogP contribution in [0.4, 0.5) is 0 Å². The maximum absolute atomic E-state index is 12.1. The molecule has 5 nitrogen and oxygen atoms in total. The second-order valence-electron chi connectivity index (χ2n) is 8.66. The Hall–Kier alpha value is -0.940. The summed E-state index contributed by atoms with van der Waals surface area (Å²) in [5.74, 6) is -0.0224. The Morgan fingerprint density at radius 3 is 2.00 bits per heavy atom. The maximum atomic E-state index is 12.1. The number of likely N-dealkylation sites (N-methyl/N-ethyl adjacent to an activating group) is 2. The van der Waals surface area contributed by atoms with E-state index >= 15 is 0 Å². The van der Waals surface area contributed by atoms with Crippen molar-refractivity contribution in [3.05, 3.63) is 0 Å². The van der Waals surface area contributed by atoms with Crippen molar-refractivity contribution in [3.8, 4) is 0 Å². The number of carbonyl (C=O) groups is 2. The van der Waals surface area contributed by atoms with Crippen LogP contribution in [0.25, 0.3) is 0 Å². The van der Waals surface area contributed by atoms with Crippen molar-refractivity contribution in [2.75, 3.05) is 61.4 Å². The van der Waals surface area contributed by atoms with E-state index < -0.39 is 5.41 Å². The summed E-state index contributed by atoms with van der Waals surface area (Å²) in [6.45, 7) is 7.46. The lowest BCUT2D eigenvalue weighted by Crippen LogP contribution is -2.50. The van der Waals surface area contributed by atoms with E-state index in [9.17, 15) is 9.59 Å². The largest absolute Gasteiger partial charge is 0.326 e. The molecule has 0 N–H and O–H groups in total. The van der Waals surface area contributed by atoms with Crippen LogP contribution in [0.3, 0.4) is 0 Å². The van der Waals surface area contributed by atoms with Gasteiger partial charge in [0.15, 0.2) is 0 Å². The summed E-state index contributed by atoms with van der Waals surface area (Å²) >= 11 is 0. The summed E-state index contributed by atoms with van der Waals surface area (Å²) in [5, 5.41) is 0. The predicted molar refractivity (Wildman–Crippen MR) is 84.5 cm³/mol. The molecule has 122 valence electrons. The number of nitrogens with zero attached hydrogens (tertiary/aromatic N) is 3. The molecule has 21 heavy (non-hydrogen) atoms. The fraction of sp³-hybridized carbons (Fsp3) is 0.875. The van der Waals surface area contributed by atoms with Gasteiger partial charge in [-0.2, -0.15) is 0 Å². The van der Waals surface area contributed by atoms with E-state index in [1.54, 1.807) is 0 Å². The number of rotatable bonds is 7. The van der Waals surface area contributed by atoms with Crippen molar-refractivity contribution in [3.63, 3.8) is 0 Å². The highest BCUT2D eigenvalue weighted by Gasteiger charge is 2.44. The molecular weight excluding hydrogens is 266 g/mol. The molecule has 1 fully saturated rings. The molecule has 5 heteroatoms. The minimum absolute atomic E-state index is 0.0100. The first-order valence-corrected chi connectivity index (χ1v) is 7.81. The second kappa shape index (κ2) is 6.05. The lowest BCUT2D eigenvalue weighted by Gasteiger charge is -2.34. The first-order chi connectivity index (χ1) is 9.34. The van der Waals surface area contributed by atoms with Gasteiger partial charge in [-0.1, -0.05) is 13.8 Å². The molecule has 0 saturated carbocycles. The molecule has 0 atom stereocenters. The van der Waals surface area contributed by atoms with Gasteiger partial charge in [-0.05, 0) is 0 Å². The van der Waals surface area contributed by atoms with E-state index in [2.05, 4.69) is 35.2 Å². The average Bonchev–Trinajstić information content (AvgIpc) is 2.48. The van der Waals surface area contributed by atoms with Gasteiger partial charge in [-0.25, -0.2) is 0 Å². The van der Waals surface area contributed by atoms with Crippen LogP contribution in [0.2, 0.25) is 0 Å². The van der Waals surface area contributed by atoms with Crippen molar-refractivity contribution in [2.45, 2.75) is 26.7 Å². The predicted octanol–water partition coefficient (Wildman–Crippen LogP) is 0.944. The lowest BCUT2D eigenvalue weighted by molar-refractivity contribution is -0.937. The van der Waals surface area contributed by atoms with Crippen molar-refractivity contribution in [2.24, 2.45) is 5.41 Å². The van der Waals surface area contributed by atoms with Crippen molar-refractivity contribution >= 4 is 11.8 Å². The van der Waals surface area contributed by atoms with E-state index in [4.69, 9.17) is 0 Å². The summed E-state index contributed by atoms with van der Waals surface area (Å²) in [6.07, 6.45) is 1.23.